The lowest BCUT2D eigenvalue weighted by atomic mass is 9.65. The Kier molecular flexibility index (Phi) is 12.6. The molecular formula is C49H59F3N10O6S. The Bertz CT molecular complexity index is 2830. The SMILES string of the molecule is Cc1nc2c(F)cc(-c3nc(NC4CCN(S(=O)(=O)C5CCN(CC6CCC7(CC6)CCN(c6cc8c(cc6F)C(=O)N(C6CCC(=O)NC6=O)C8=O)CC7)CC5)CC4)ncc3F)cc2n1C(C)C. The Balaban J connectivity index is 0.673. The fourth-order valence-corrected chi connectivity index (χ4v) is 14.0. The predicted octanol–water partition coefficient (Wildman–Crippen LogP) is 6.35. The topological polar surface area (TPSA) is 183 Å². The first-order valence-corrected chi connectivity index (χ1v) is 26.0. The molecule has 6 aliphatic rings. The summed E-state index contributed by atoms with van der Waals surface area (Å²) in [5.74, 6) is -3.00. The zero-order chi connectivity index (χ0) is 48.5. The molecule has 0 bridgehead atoms. The highest BCUT2D eigenvalue weighted by atomic mass is 32.2. The van der Waals surface area contributed by atoms with Crippen LogP contribution < -0.4 is 15.5 Å². The van der Waals surface area contributed by atoms with Crippen molar-refractivity contribution in [3.05, 3.63) is 64.9 Å². The summed E-state index contributed by atoms with van der Waals surface area (Å²) >= 11 is 0. The Morgan fingerprint density at radius 3 is 2.14 bits per heavy atom. The molecule has 2 N–H and O–H groups in total. The number of halogens is 3. The maximum absolute atomic E-state index is 15.6. The number of piperidine rings is 4. The molecule has 1 saturated carbocycles. The van der Waals surface area contributed by atoms with E-state index in [4.69, 9.17) is 0 Å². The number of aryl methyl sites for hydroxylation is 1. The van der Waals surface area contributed by atoms with Crippen molar-refractivity contribution >= 4 is 56.3 Å². The minimum Gasteiger partial charge on any atom is -0.369 e. The van der Waals surface area contributed by atoms with Crippen molar-refractivity contribution in [1.29, 1.82) is 0 Å². The second-order valence-electron chi connectivity index (χ2n) is 20.4. The number of nitrogens with zero attached hydrogens (tertiary/aromatic N) is 8. The Morgan fingerprint density at radius 2 is 1.48 bits per heavy atom. The van der Waals surface area contributed by atoms with Gasteiger partial charge in [0.05, 0.1) is 33.8 Å². The van der Waals surface area contributed by atoms with Crippen molar-refractivity contribution in [3.63, 3.8) is 0 Å². The van der Waals surface area contributed by atoms with Crippen LogP contribution in [0.1, 0.15) is 123 Å². The number of anilines is 2. The first kappa shape index (κ1) is 47.2. The van der Waals surface area contributed by atoms with Crippen LogP contribution in [-0.4, -0.2) is 129 Å². The maximum Gasteiger partial charge on any atom is 0.262 e. The van der Waals surface area contributed by atoms with Gasteiger partial charge in [0.25, 0.3) is 11.8 Å². The fourth-order valence-electron chi connectivity index (χ4n) is 12.0. The molecule has 16 nitrogen and oxygen atoms in total. The van der Waals surface area contributed by atoms with Crippen molar-refractivity contribution in [2.24, 2.45) is 11.3 Å². The second-order valence-corrected chi connectivity index (χ2v) is 22.6. The van der Waals surface area contributed by atoms with E-state index in [2.05, 4.69) is 30.5 Å². The fraction of sp³-hybridized carbons (Fsp3) is 0.571. The van der Waals surface area contributed by atoms with E-state index in [9.17, 15) is 27.6 Å². The molecule has 5 aliphatic heterocycles. The first-order chi connectivity index (χ1) is 33.0. The average Bonchev–Trinajstić information content (AvgIpc) is 3.79. The maximum atomic E-state index is 15.6. The Morgan fingerprint density at radius 1 is 0.797 bits per heavy atom. The molecule has 4 aromatic rings. The van der Waals surface area contributed by atoms with Crippen molar-refractivity contribution < 1.29 is 40.8 Å². The molecule has 1 unspecified atom stereocenters. The van der Waals surface area contributed by atoms with Gasteiger partial charge >= 0.3 is 0 Å². The van der Waals surface area contributed by atoms with Gasteiger partial charge in [-0.25, -0.2) is 40.8 Å². The van der Waals surface area contributed by atoms with Gasteiger partial charge in [-0.2, -0.15) is 0 Å². The number of benzene rings is 2. The van der Waals surface area contributed by atoms with Crippen LogP contribution in [0, 0.1) is 35.7 Å². The Labute approximate surface area is 399 Å². The van der Waals surface area contributed by atoms with Gasteiger partial charge in [0.2, 0.25) is 27.8 Å². The smallest absolute Gasteiger partial charge is 0.262 e. The zero-order valence-corrected chi connectivity index (χ0v) is 40.1. The lowest BCUT2D eigenvalue weighted by Gasteiger charge is -2.47. The number of aromatic nitrogens is 4. The molecule has 1 spiro atoms. The van der Waals surface area contributed by atoms with Gasteiger partial charge in [0.1, 0.15) is 28.9 Å². The quantitative estimate of drug-likeness (QED) is 0.168. The van der Waals surface area contributed by atoms with Gasteiger partial charge < -0.3 is 19.7 Å². The third kappa shape index (κ3) is 8.89. The van der Waals surface area contributed by atoms with Crippen LogP contribution in [0.15, 0.2) is 30.5 Å². The number of amides is 4. The van der Waals surface area contributed by atoms with Gasteiger partial charge in [-0.05, 0) is 140 Å². The van der Waals surface area contributed by atoms with Crippen LogP contribution in [0.25, 0.3) is 22.3 Å². The van der Waals surface area contributed by atoms with Crippen molar-refractivity contribution in [2.45, 2.75) is 121 Å². The summed E-state index contributed by atoms with van der Waals surface area (Å²) < 4.78 is 77.3. The molecule has 4 amide bonds. The molecule has 0 radical (unpaired) electrons. The van der Waals surface area contributed by atoms with Crippen LogP contribution in [-0.2, 0) is 19.6 Å². The van der Waals surface area contributed by atoms with E-state index in [1.54, 1.807) is 10.4 Å². The number of carbonyl (C=O) groups is 4. The van der Waals surface area contributed by atoms with E-state index in [1.165, 1.54) is 12.1 Å². The molecular weight excluding hydrogens is 914 g/mol. The number of imide groups is 2. The van der Waals surface area contributed by atoms with Gasteiger partial charge in [0, 0.05) is 56.8 Å². The van der Waals surface area contributed by atoms with E-state index in [0.29, 0.717) is 69.1 Å². The average molecular weight is 973 g/mol. The minimum atomic E-state index is -3.51. The van der Waals surface area contributed by atoms with E-state index in [-0.39, 0.29) is 69.9 Å². The number of hydrogen-bond acceptors (Lipinski definition) is 12. The van der Waals surface area contributed by atoms with E-state index < -0.39 is 62.4 Å². The summed E-state index contributed by atoms with van der Waals surface area (Å²) in [6, 6.07) is 4.27. The van der Waals surface area contributed by atoms with Gasteiger partial charge in [0.15, 0.2) is 11.6 Å². The summed E-state index contributed by atoms with van der Waals surface area (Å²) in [6.07, 6.45) is 9.39. The Hall–Kier alpha value is -5.47. The number of likely N-dealkylation sites (tertiary alicyclic amines) is 1. The normalized spacial score (nSPS) is 22.6. The molecule has 2 aromatic carbocycles. The molecule has 368 valence electrons. The monoisotopic (exact) mass is 972 g/mol. The molecule has 69 heavy (non-hydrogen) atoms. The number of fused-ring (bicyclic) bond motifs is 2. The molecule has 4 saturated heterocycles. The third-order valence-electron chi connectivity index (χ3n) is 15.9. The van der Waals surface area contributed by atoms with Gasteiger partial charge in [-0.1, -0.05) is 0 Å². The zero-order valence-electron chi connectivity index (χ0n) is 39.3. The van der Waals surface area contributed by atoms with E-state index in [0.717, 1.165) is 75.3 Å². The summed E-state index contributed by atoms with van der Waals surface area (Å²) in [7, 11) is -3.51. The largest absolute Gasteiger partial charge is 0.369 e. The summed E-state index contributed by atoms with van der Waals surface area (Å²) in [4.78, 5) is 69.0. The van der Waals surface area contributed by atoms with E-state index in [1.807, 2.05) is 30.2 Å². The third-order valence-corrected chi connectivity index (χ3v) is 18.3. The molecule has 20 heteroatoms. The van der Waals surface area contributed by atoms with Crippen LogP contribution in [0.4, 0.5) is 24.8 Å². The number of imidazole rings is 1. The highest BCUT2D eigenvalue weighted by Crippen LogP contribution is 2.48. The predicted molar refractivity (Wildman–Crippen MR) is 251 cm³/mol. The molecule has 2 aromatic heterocycles. The summed E-state index contributed by atoms with van der Waals surface area (Å²) in [6.45, 7) is 10.1. The van der Waals surface area contributed by atoms with Crippen LogP contribution in [0.3, 0.4) is 0 Å². The van der Waals surface area contributed by atoms with Gasteiger partial charge in [-0.3, -0.25) is 29.4 Å². The number of carbonyl (C=O) groups excluding carboxylic acids is 4. The standard InChI is InChI=1S/C49H59F3N10O6S/c1-28(2)61-29(3)54-44-37(51)22-31(23-41(44)61)43-38(52)26-53-48(57-43)55-32-8-18-60(19-9-32)69(67,68)33-10-16-58(17-11-33)27-30-6-12-49(13-7-30)14-20-59(21-15-49)40-25-35-34(24-36(40)50)46(65)62(47(35)66)39-4-5-42(63)56-45(39)64/h22-26,28,30,32-33,39H,4-21,27H2,1-3H3,(H,53,55,57)(H,56,63,64). The highest BCUT2D eigenvalue weighted by molar-refractivity contribution is 7.89. The second kappa shape index (κ2) is 18.4. The van der Waals surface area contributed by atoms with Crippen LogP contribution >= 0.6 is 0 Å². The number of sulfonamides is 1. The van der Waals surface area contributed by atoms with Crippen LogP contribution in [0.5, 0.6) is 0 Å². The number of hydrogen-bond donors (Lipinski definition) is 2. The summed E-state index contributed by atoms with van der Waals surface area (Å²) in [5.41, 5.74) is 1.46. The minimum absolute atomic E-state index is 0.00784. The molecule has 1 aliphatic carbocycles. The van der Waals surface area contributed by atoms with Gasteiger partial charge in [-0.15, -0.1) is 0 Å². The molecule has 5 fully saturated rings. The van der Waals surface area contributed by atoms with Crippen molar-refractivity contribution in [2.75, 3.05) is 56.0 Å². The first-order valence-electron chi connectivity index (χ1n) is 24.5. The lowest BCUT2D eigenvalue weighted by molar-refractivity contribution is -0.136. The molecule has 10 rings (SSSR count). The van der Waals surface area contributed by atoms with Crippen LogP contribution in [0.2, 0.25) is 0 Å². The number of rotatable bonds is 10. The number of nitrogens with one attached hydrogen (secondary N) is 2. The molecule has 1 atom stereocenters. The summed E-state index contributed by atoms with van der Waals surface area (Å²) in [5, 5.41) is 5.02. The van der Waals surface area contributed by atoms with Crippen molar-refractivity contribution in [1.82, 2.24) is 38.9 Å². The van der Waals surface area contributed by atoms with Crippen molar-refractivity contribution in [3.8, 4) is 11.3 Å². The van der Waals surface area contributed by atoms with E-state index >= 15 is 13.2 Å². The highest BCUT2D eigenvalue weighted by Gasteiger charge is 2.46. The molecule has 7 heterocycles. The lowest BCUT2D eigenvalue weighted by Crippen LogP contribution is -2.54.